The van der Waals surface area contributed by atoms with Crippen molar-refractivity contribution in [3.8, 4) is 0 Å². The first-order chi connectivity index (χ1) is 12.9. The van der Waals surface area contributed by atoms with Crippen molar-refractivity contribution >= 4 is 50.7 Å². The monoisotopic (exact) mass is 399 g/mol. The second-order valence-corrected chi connectivity index (χ2v) is 8.39. The molecule has 5 nitrogen and oxygen atoms in total. The maximum absolute atomic E-state index is 13.3. The summed E-state index contributed by atoms with van der Waals surface area (Å²) in [5.74, 6) is -0.799. The number of nitrogens with one attached hydrogen (secondary N) is 1. The van der Waals surface area contributed by atoms with Gasteiger partial charge in [-0.2, -0.15) is 0 Å². The molecule has 3 aromatic rings. The van der Waals surface area contributed by atoms with Crippen LogP contribution in [0.2, 0.25) is 5.02 Å². The van der Waals surface area contributed by atoms with Crippen molar-refractivity contribution < 1.29 is 9.59 Å². The van der Waals surface area contributed by atoms with Gasteiger partial charge < -0.3 is 11.1 Å². The minimum Gasteiger partial charge on any atom is -0.365 e. The number of benzene rings is 1. The smallest absolute Gasteiger partial charge is 0.257 e. The van der Waals surface area contributed by atoms with Gasteiger partial charge in [0.15, 0.2) is 0 Å². The molecule has 27 heavy (non-hydrogen) atoms. The number of aromatic nitrogens is 1. The Morgan fingerprint density at radius 1 is 1.22 bits per heavy atom. The number of carbonyl (C=O) groups excluding carboxylic acids is 2. The predicted molar refractivity (Wildman–Crippen MR) is 109 cm³/mol. The Morgan fingerprint density at radius 3 is 2.74 bits per heavy atom. The molecular formula is C20H18ClN3O2S. The molecule has 0 fully saturated rings. The molecule has 1 aliphatic rings. The molecule has 7 heteroatoms. The van der Waals surface area contributed by atoms with Crippen LogP contribution in [0.3, 0.4) is 0 Å². The van der Waals surface area contributed by atoms with E-state index in [9.17, 15) is 9.59 Å². The average Bonchev–Trinajstić information content (AvgIpc) is 3.17. The minimum atomic E-state index is -0.542. The van der Waals surface area contributed by atoms with Crippen LogP contribution in [0.15, 0.2) is 18.2 Å². The Bertz CT molecular complexity index is 1120. The molecule has 0 bridgehead atoms. The molecule has 3 N–H and O–H groups in total. The highest BCUT2D eigenvalue weighted by atomic mass is 35.5. The standard InChI is InChI=1S/C20H18ClN3O2S/c1-9-10(2)27-20(16(9)18(22)25)24-19(26)17-12-4-3-5-14(12)23-15-7-6-11(21)8-13(15)17/h6-8H,3-5H2,1-2H3,(H2,22,25)(H,24,26). The van der Waals surface area contributed by atoms with Crippen LogP contribution < -0.4 is 11.1 Å². The van der Waals surface area contributed by atoms with E-state index in [0.29, 0.717) is 21.2 Å². The molecule has 0 aliphatic heterocycles. The van der Waals surface area contributed by atoms with Crippen LogP contribution in [-0.2, 0) is 12.8 Å². The number of primary amides is 1. The van der Waals surface area contributed by atoms with Gasteiger partial charge in [0.25, 0.3) is 11.8 Å². The molecule has 2 amide bonds. The van der Waals surface area contributed by atoms with Gasteiger partial charge >= 0.3 is 0 Å². The number of aryl methyl sites for hydroxylation is 2. The third kappa shape index (κ3) is 2.99. The summed E-state index contributed by atoms with van der Waals surface area (Å²) in [6, 6.07) is 5.38. The molecule has 0 saturated carbocycles. The number of amides is 2. The van der Waals surface area contributed by atoms with E-state index in [4.69, 9.17) is 22.3 Å². The summed E-state index contributed by atoms with van der Waals surface area (Å²) in [6.45, 7) is 3.74. The number of thiophene rings is 1. The van der Waals surface area contributed by atoms with Crippen molar-refractivity contribution in [1.82, 2.24) is 4.98 Å². The number of halogens is 1. The summed E-state index contributed by atoms with van der Waals surface area (Å²) >= 11 is 7.54. The van der Waals surface area contributed by atoms with Gasteiger partial charge in [-0.1, -0.05) is 11.6 Å². The van der Waals surface area contributed by atoms with Crippen LogP contribution in [0.1, 0.15) is 48.8 Å². The minimum absolute atomic E-state index is 0.258. The number of fused-ring (bicyclic) bond motifs is 2. The molecule has 0 unspecified atom stereocenters. The summed E-state index contributed by atoms with van der Waals surface area (Å²) in [5, 5.41) is 4.69. The van der Waals surface area contributed by atoms with Crippen LogP contribution in [0, 0.1) is 13.8 Å². The molecule has 2 heterocycles. The zero-order chi connectivity index (χ0) is 19.3. The Hall–Kier alpha value is -2.44. The summed E-state index contributed by atoms with van der Waals surface area (Å²) in [7, 11) is 0. The van der Waals surface area contributed by atoms with Crippen molar-refractivity contribution in [3.63, 3.8) is 0 Å². The van der Waals surface area contributed by atoms with Crippen LogP contribution in [-0.4, -0.2) is 16.8 Å². The lowest BCUT2D eigenvalue weighted by Crippen LogP contribution is -2.19. The number of carbonyl (C=O) groups is 2. The third-order valence-electron chi connectivity index (χ3n) is 5.06. The fourth-order valence-corrected chi connectivity index (χ4v) is 4.90. The van der Waals surface area contributed by atoms with E-state index in [2.05, 4.69) is 5.32 Å². The molecule has 0 atom stereocenters. The number of nitrogens with zero attached hydrogens (tertiary/aromatic N) is 1. The van der Waals surface area contributed by atoms with Crippen molar-refractivity contribution in [2.75, 3.05) is 5.32 Å². The topological polar surface area (TPSA) is 85.1 Å². The van der Waals surface area contributed by atoms with Crippen molar-refractivity contribution in [2.45, 2.75) is 33.1 Å². The molecule has 1 aliphatic carbocycles. The SMILES string of the molecule is Cc1sc(NC(=O)c2c3c(nc4ccc(Cl)cc24)CCC3)c(C(N)=O)c1C. The van der Waals surface area contributed by atoms with Crippen LogP contribution in [0.5, 0.6) is 0 Å². The molecule has 1 aromatic carbocycles. The van der Waals surface area contributed by atoms with Crippen LogP contribution in [0.25, 0.3) is 10.9 Å². The Balaban J connectivity index is 1.86. The van der Waals surface area contributed by atoms with Gasteiger partial charge in [-0.25, -0.2) is 0 Å². The molecule has 4 rings (SSSR count). The maximum atomic E-state index is 13.3. The number of hydrogen-bond donors (Lipinski definition) is 2. The molecule has 2 aromatic heterocycles. The Labute approximate surface area is 165 Å². The maximum Gasteiger partial charge on any atom is 0.257 e. The van der Waals surface area contributed by atoms with E-state index >= 15 is 0 Å². The first kappa shape index (κ1) is 17.9. The van der Waals surface area contributed by atoms with Gasteiger partial charge in [-0.3, -0.25) is 14.6 Å². The quantitative estimate of drug-likeness (QED) is 0.684. The first-order valence-electron chi connectivity index (χ1n) is 8.69. The third-order valence-corrected chi connectivity index (χ3v) is 6.42. The predicted octanol–water partition coefficient (Wildman–Crippen LogP) is 4.41. The normalized spacial score (nSPS) is 13.0. The summed E-state index contributed by atoms with van der Waals surface area (Å²) in [6.07, 6.45) is 2.63. The van der Waals surface area contributed by atoms with E-state index in [-0.39, 0.29) is 5.91 Å². The largest absolute Gasteiger partial charge is 0.365 e. The zero-order valence-corrected chi connectivity index (χ0v) is 16.6. The summed E-state index contributed by atoms with van der Waals surface area (Å²) < 4.78 is 0. The lowest BCUT2D eigenvalue weighted by Gasteiger charge is -2.13. The lowest BCUT2D eigenvalue weighted by molar-refractivity contribution is 0.100. The van der Waals surface area contributed by atoms with Crippen molar-refractivity contribution in [1.29, 1.82) is 0 Å². The van der Waals surface area contributed by atoms with E-state index in [1.165, 1.54) is 11.3 Å². The number of hydrogen-bond acceptors (Lipinski definition) is 4. The molecule has 0 saturated heterocycles. The summed E-state index contributed by atoms with van der Waals surface area (Å²) in [4.78, 5) is 30.8. The second kappa shape index (κ2) is 6.62. The zero-order valence-electron chi connectivity index (χ0n) is 15.0. The number of anilines is 1. The van der Waals surface area contributed by atoms with Crippen molar-refractivity contribution in [2.24, 2.45) is 5.73 Å². The second-order valence-electron chi connectivity index (χ2n) is 6.73. The van der Waals surface area contributed by atoms with Gasteiger partial charge in [-0.05, 0) is 62.4 Å². The molecule has 0 spiro atoms. The highest BCUT2D eigenvalue weighted by Gasteiger charge is 2.26. The molecule has 138 valence electrons. The van der Waals surface area contributed by atoms with E-state index < -0.39 is 5.91 Å². The lowest BCUT2D eigenvalue weighted by atomic mass is 10.0. The van der Waals surface area contributed by atoms with E-state index in [1.54, 1.807) is 12.1 Å². The summed E-state index contributed by atoms with van der Waals surface area (Å²) in [5.41, 5.74) is 9.98. The van der Waals surface area contributed by atoms with Crippen LogP contribution >= 0.6 is 22.9 Å². The number of pyridine rings is 1. The van der Waals surface area contributed by atoms with Crippen LogP contribution in [0.4, 0.5) is 5.00 Å². The van der Waals surface area contributed by atoms with Gasteiger partial charge in [0.1, 0.15) is 5.00 Å². The fourth-order valence-electron chi connectivity index (χ4n) is 3.67. The van der Waals surface area contributed by atoms with Gasteiger partial charge in [-0.15, -0.1) is 11.3 Å². The van der Waals surface area contributed by atoms with E-state index in [1.807, 2.05) is 19.9 Å². The van der Waals surface area contributed by atoms with Gasteiger partial charge in [0.2, 0.25) is 0 Å². The van der Waals surface area contributed by atoms with Gasteiger partial charge in [0.05, 0.1) is 16.6 Å². The average molecular weight is 400 g/mol. The first-order valence-corrected chi connectivity index (χ1v) is 9.88. The van der Waals surface area contributed by atoms with E-state index in [0.717, 1.165) is 51.9 Å². The highest BCUT2D eigenvalue weighted by molar-refractivity contribution is 7.16. The number of rotatable bonds is 3. The van der Waals surface area contributed by atoms with Gasteiger partial charge in [0, 0.05) is 21.0 Å². The fraction of sp³-hybridized carbons (Fsp3) is 0.250. The highest BCUT2D eigenvalue weighted by Crippen LogP contribution is 2.35. The Kier molecular flexibility index (Phi) is 4.40. The Morgan fingerprint density at radius 2 is 2.00 bits per heavy atom. The van der Waals surface area contributed by atoms with Crippen molar-refractivity contribution in [3.05, 3.63) is 56.0 Å². The number of nitrogens with two attached hydrogens (primary N) is 1. The molecular weight excluding hydrogens is 382 g/mol. The molecule has 0 radical (unpaired) electrons.